The monoisotopic (exact) mass is 959 g/mol. The summed E-state index contributed by atoms with van der Waals surface area (Å²) in [6, 6.07) is 0. The van der Waals surface area contributed by atoms with Crippen LogP contribution in [-0.4, -0.2) is 37.2 Å². The van der Waals surface area contributed by atoms with Gasteiger partial charge in [0.25, 0.3) is 0 Å². The van der Waals surface area contributed by atoms with Gasteiger partial charge in [0.05, 0.1) is 0 Å². The lowest BCUT2D eigenvalue weighted by atomic mass is 10.1. The van der Waals surface area contributed by atoms with Gasteiger partial charge in [-0.25, -0.2) is 0 Å². The lowest BCUT2D eigenvalue weighted by Crippen LogP contribution is -2.30. The number of unbranched alkanes of at least 4 members (excludes halogenated alkanes) is 24. The summed E-state index contributed by atoms with van der Waals surface area (Å²) in [5.41, 5.74) is 0. The third kappa shape index (κ3) is 55.1. The molecule has 0 saturated carbocycles. The van der Waals surface area contributed by atoms with Crippen LogP contribution in [0.4, 0.5) is 0 Å². The fraction of sp³-hybridized carbons (Fsp3) is 0.698. The molecule has 0 radical (unpaired) electrons. The van der Waals surface area contributed by atoms with Crippen molar-refractivity contribution >= 4 is 17.9 Å². The summed E-state index contributed by atoms with van der Waals surface area (Å²) in [4.78, 5) is 38.2. The Balaban J connectivity index is 4.44. The molecule has 0 spiro atoms. The molecule has 1 unspecified atom stereocenters. The van der Waals surface area contributed by atoms with Crippen LogP contribution in [0.25, 0.3) is 0 Å². The van der Waals surface area contributed by atoms with Crippen LogP contribution in [0.2, 0.25) is 0 Å². The highest BCUT2D eigenvalue weighted by atomic mass is 16.6. The molecule has 0 heterocycles. The Labute approximate surface area is 426 Å². The molecule has 0 aliphatic rings. The van der Waals surface area contributed by atoms with E-state index >= 15 is 0 Å². The minimum absolute atomic E-state index is 0.0909. The standard InChI is InChI=1S/C63H106O6/c1-4-7-10-13-16-19-22-25-28-30-31-33-35-38-41-44-47-50-53-56-62(65)68-59-60(58-67-61(64)55-52-49-46-43-40-37-34-27-24-21-18-15-12-9-6-3)69-63(66)57-54-51-48-45-42-39-36-32-29-26-23-20-17-14-11-8-5-2/h7-8,10-11,16-17,19-20,25-29,31,33-34,60H,4-6,9,12-15,18,21-24,30,32,35-59H2,1-3H3/b10-7-,11-8-,19-16-,20-17-,28-25-,29-26-,33-31-,34-27-. The molecule has 0 aliphatic heterocycles. The van der Waals surface area contributed by atoms with E-state index in [0.717, 1.165) is 128 Å². The van der Waals surface area contributed by atoms with Gasteiger partial charge in [-0.2, -0.15) is 0 Å². The Kier molecular flexibility index (Phi) is 53.9. The molecular weight excluding hydrogens is 853 g/mol. The number of carbonyl (C=O) groups is 3. The predicted octanol–water partition coefficient (Wildman–Crippen LogP) is 19.3. The normalized spacial score (nSPS) is 12.8. The van der Waals surface area contributed by atoms with Crippen LogP contribution in [0.15, 0.2) is 97.2 Å². The van der Waals surface area contributed by atoms with Crippen molar-refractivity contribution in [2.75, 3.05) is 13.2 Å². The molecule has 0 bridgehead atoms. The van der Waals surface area contributed by atoms with Crippen molar-refractivity contribution < 1.29 is 28.6 Å². The molecule has 394 valence electrons. The summed E-state index contributed by atoms with van der Waals surface area (Å²) in [5.74, 6) is -0.919. The molecule has 0 amide bonds. The van der Waals surface area contributed by atoms with E-state index in [1.807, 2.05) is 0 Å². The van der Waals surface area contributed by atoms with Crippen molar-refractivity contribution in [1.29, 1.82) is 0 Å². The van der Waals surface area contributed by atoms with Gasteiger partial charge in [0.1, 0.15) is 13.2 Å². The van der Waals surface area contributed by atoms with Crippen LogP contribution in [0.3, 0.4) is 0 Å². The van der Waals surface area contributed by atoms with E-state index in [1.54, 1.807) is 0 Å². The highest BCUT2D eigenvalue weighted by Crippen LogP contribution is 2.14. The van der Waals surface area contributed by atoms with E-state index in [-0.39, 0.29) is 31.1 Å². The molecule has 6 nitrogen and oxygen atoms in total. The first-order valence-corrected chi connectivity index (χ1v) is 28.7. The van der Waals surface area contributed by atoms with Crippen LogP contribution in [0.5, 0.6) is 0 Å². The second kappa shape index (κ2) is 56.9. The fourth-order valence-electron chi connectivity index (χ4n) is 7.80. The van der Waals surface area contributed by atoms with E-state index in [1.165, 1.54) is 96.3 Å². The molecule has 6 heteroatoms. The first-order valence-electron chi connectivity index (χ1n) is 28.7. The highest BCUT2D eigenvalue weighted by Gasteiger charge is 2.19. The zero-order valence-electron chi connectivity index (χ0n) is 45.0. The molecule has 0 N–H and O–H groups in total. The largest absolute Gasteiger partial charge is 0.462 e. The molecule has 0 rings (SSSR count). The number of allylic oxidation sites excluding steroid dienone is 16. The fourth-order valence-corrected chi connectivity index (χ4v) is 7.80. The Hall–Kier alpha value is -3.67. The van der Waals surface area contributed by atoms with Crippen molar-refractivity contribution in [2.24, 2.45) is 0 Å². The number of rotatable bonds is 51. The molecule has 0 aromatic carbocycles. The number of hydrogen-bond acceptors (Lipinski definition) is 6. The van der Waals surface area contributed by atoms with Gasteiger partial charge in [-0.1, -0.05) is 227 Å². The average molecular weight is 960 g/mol. The summed E-state index contributed by atoms with van der Waals surface area (Å²) in [7, 11) is 0. The van der Waals surface area contributed by atoms with Gasteiger partial charge in [-0.15, -0.1) is 0 Å². The van der Waals surface area contributed by atoms with Gasteiger partial charge in [-0.05, 0) is 116 Å². The molecule has 0 fully saturated rings. The number of carbonyl (C=O) groups excluding carboxylic acids is 3. The molecule has 1 atom stereocenters. The summed E-state index contributed by atoms with van der Waals surface area (Å²) in [5, 5.41) is 0. The van der Waals surface area contributed by atoms with Crippen molar-refractivity contribution in [2.45, 2.75) is 271 Å². The number of esters is 3. The smallest absolute Gasteiger partial charge is 0.306 e. The predicted molar refractivity (Wildman–Crippen MR) is 297 cm³/mol. The number of ether oxygens (including phenoxy) is 3. The molecule has 0 aliphatic carbocycles. The Morgan fingerprint density at radius 3 is 0.899 bits per heavy atom. The molecule has 0 aromatic rings. The van der Waals surface area contributed by atoms with Gasteiger partial charge in [0.15, 0.2) is 6.10 Å². The molecular formula is C63H106O6. The molecule has 0 aromatic heterocycles. The maximum atomic E-state index is 12.9. The zero-order chi connectivity index (χ0) is 50.0. The van der Waals surface area contributed by atoms with Crippen molar-refractivity contribution in [3.05, 3.63) is 97.2 Å². The Morgan fingerprint density at radius 1 is 0.304 bits per heavy atom. The number of hydrogen-bond donors (Lipinski definition) is 0. The minimum atomic E-state index is -0.794. The zero-order valence-corrected chi connectivity index (χ0v) is 45.0. The van der Waals surface area contributed by atoms with Crippen molar-refractivity contribution in [3.8, 4) is 0 Å². The van der Waals surface area contributed by atoms with E-state index in [4.69, 9.17) is 14.2 Å². The minimum Gasteiger partial charge on any atom is -0.462 e. The van der Waals surface area contributed by atoms with Crippen LogP contribution >= 0.6 is 0 Å². The van der Waals surface area contributed by atoms with Crippen LogP contribution in [0.1, 0.15) is 265 Å². The summed E-state index contributed by atoms with van der Waals surface area (Å²) in [6.07, 6.45) is 75.3. The van der Waals surface area contributed by atoms with Crippen LogP contribution in [0, 0.1) is 0 Å². The van der Waals surface area contributed by atoms with E-state index < -0.39 is 6.10 Å². The second-order valence-corrected chi connectivity index (χ2v) is 18.8. The second-order valence-electron chi connectivity index (χ2n) is 18.8. The van der Waals surface area contributed by atoms with Crippen molar-refractivity contribution in [3.63, 3.8) is 0 Å². The quantitative estimate of drug-likeness (QED) is 0.0262. The third-order valence-corrected chi connectivity index (χ3v) is 12.1. The summed E-state index contributed by atoms with van der Waals surface area (Å²) in [6.45, 7) is 6.39. The maximum Gasteiger partial charge on any atom is 0.306 e. The highest BCUT2D eigenvalue weighted by molar-refractivity contribution is 5.71. The first kappa shape index (κ1) is 65.3. The topological polar surface area (TPSA) is 78.9 Å². The molecule has 0 saturated heterocycles. The lowest BCUT2D eigenvalue weighted by Gasteiger charge is -2.18. The van der Waals surface area contributed by atoms with Gasteiger partial charge in [0, 0.05) is 19.3 Å². The first-order chi connectivity index (χ1) is 34.0. The van der Waals surface area contributed by atoms with Crippen molar-refractivity contribution in [1.82, 2.24) is 0 Å². The third-order valence-electron chi connectivity index (χ3n) is 12.1. The van der Waals surface area contributed by atoms with E-state index in [2.05, 4.69) is 118 Å². The SMILES string of the molecule is CC/C=C\C/C=C\C/C=C\C/C=C\CCCCCCCCC(=O)OCC(COC(=O)CCCCCCC/C=C\CCCCCCCC)OC(=O)CCCCCCCCC/C=C\C/C=C\C/C=C\CC. The van der Waals surface area contributed by atoms with Gasteiger partial charge < -0.3 is 14.2 Å². The van der Waals surface area contributed by atoms with Gasteiger partial charge >= 0.3 is 17.9 Å². The van der Waals surface area contributed by atoms with Gasteiger partial charge in [0.2, 0.25) is 0 Å². The Morgan fingerprint density at radius 2 is 0.565 bits per heavy atom. The Bertz CT molecular complexity index is 1380. The van der Waals surface area contributed by atoms with Gasteiger partial charge in [-0.3, -0.25) is 14.4 Å². The summed E-state index contributed by atoms with van der Waals surface area (Å²) >= 11 is 0. The van der Waals surface area contributed by atoms with E-state index in [0.29, 0.717) is 19.3 Å². The van der Waals surface area contributed by atoms with Crippen LogP contribution in [-0.2, 0) is 28.6 Å². The van der Waals surface area contributed by atoms with E-state index in [9.17, 15) is 14.4 Å². The molecule has 69 heavy (non-hydrogen) atoms. The van der Waals surface area contributed by atoms with Crippen LogP contribution < -0.4 is 0 Å². The average Bonchev–Trinajstić information content (AvgIpc) is 3.35. The lowest BCUT2D eigenvalue weighted by molar-refractivity contribution is -0.167. The summed E-state index contributed by atoms with van der Waals surface area (Å²) < 4.78 is 16.9. The maximum absolute atomic E-state index is 12.9.